The van der Waals surface area contributed by atoms with Crippen LogP contribution in [-0.2, 0) is 12.8 Å². The number of nitro groups is 1. The van der Waals surface area contributed by atoms with E-state index in [0.717, 1.165) is 23.3 Å². The molecule has 0 aliphatic carbocycles. The van der Waals surface area contributed by atoms with Crippen molar-refractivity contribution in [3.8, 4) is 11.5 Å². The molecule has 0 unspecified atom stereocenters. The van der Waals surface area contributed by atoms with Gasteiger partial charge in [0.05, 0.1) is 23.3 Å². The molecule has 0 radical (unpaired) electrons. The third kappa shape index (κ3) is 6.95. The first-order valence-corrected chi connectivity index (χ1v) is 11.2. The van der Waals surface area contributed by atoms with Crippen LogP contribution < -0.4 is 14.9 Å². The lowest BCUT2D eigenvalue weighted by Crippen LogP contribution is -2.06. The molecule has 0 bridgehead atoms. The Morgan fingerprint density at radius 2 is 1.86 bits per heavy atom. The van der Waals surface area contributed by atoms with Gasteiger partial charge in [-0.1, -0.05) is 29.8 Å². The highest BCUT2D eigenvalue weighted by Gasteiger charge is 2.33. The Morgan fingerprint density at radius 3 is 2.51 bits per heavy atom. The summed E-state index contributed by atoms with van der Waals surface area (Å²) in [6, 6.07) is 13.5. The third-order valence-electron chi connectivity index (χ3n) is 4.75. The number of hydrazone groups is 1. The van der Waals surface area contributed by atoms with Crippen molar-refractivity contribution in [2.45, 2.75) is 26.6 Å². The number of aryl methyl sites for hydroxylation is 1. The van der Waals surface area contributed by atoms with Gasteiger partial charge >= 0.3 is 6.18 Å². The molecule has 11 heteroatoms. The lowest BCUT2D eigenvalue weighted by Gasteiger charge is -2.14. The molecule has 0 aliphatic heterocycles. The number of ether oxygens (including phenoxy) is 2. The smallest absolute Gasteiger partial charge is 0.416 e. The molecule has 0 saturated carbocycles. The van der Waals surface area contributed by atoms with E-state index in [9.17, 15) is 23.3 Å². The maximum atomic E-state index is 12.9. The second-order valence-electron chi connectivity index (χ2n) is 7.39. The minimum atomic E-state index is -4.70. The normalized spacial score (nSPS) is 11.5. The van der Waals surface area contributed by atoms with Crippen LogP contribution in [0.15, 0.2) is 64.2 Å². The molecular formula is C24H21BrF3N3O4. The van der Waals surface area contributed by atoms with Crippen molar-refractivity contribution in [3.63, 3.8) is 0 Å². The van der Waals surface area contributed by atoms with E-state index >= 15 is 0 Å². The quantitative estimate of drug-likeness (QED) is 0.174. The number of benzene rings is 3. The summed E-state index contributed by atoms with van der Waals surface area (Å²) >= 11 is 3.44. The summed E-state index contributed by atoms with van der Waals surface area (Å²) in [5.74, 6) is 0.967. The highest BCUT2D eigenvalue weighted by atomic mass is 79.9. The molecule has 1 N–H and O–H groups in total. The summed E-state index contributed by atoms with van der Waals surface area (Å²) in [7, 11) is 0. The van der Waals surface area contributed by atoms with E-state index in [-0.39, 0.29) is 5.69 Å². The number of hydrogen-bond donors (Lipinski definition) is 1. The Hall–Kier alpha value is -3.60. The fraction of sp³-hybridized carbons (Fsp3) is 0.208. The van der Waals surface area contributed by atoms with Crippen LogP contribution >= 0.6 is 15.9 Å². The number of nitro benzene ring substituents is 1. The minimum absolute atomic E-state index is 0.182. The van der Waals surface area contributed by atoms with Gasteiger partial charge in [-0.05, 0) is 59.6 Å². The van der Waals surface area contributed by atoms with Gasteiger partial charge in [0.15, 0.2) is 11.5 Å². The number of hydrogen-bond acceptors (Lipinski definition) is 6. The zero-order chi connectivity index (χ0) is 25.6. The molecule has 0 heterocycles. The average Bonchev–Trinajstić information content (AvgIpc) is 2.79. The number of rotatable bonds is 9. The van der Waals surface area contributed by atoms with Gasteiger partial charge in [-0.15, -0.1) is 0 Å². The van der Waals surface area contributed by atoms with Crippen molar-refractivity contribution in [3.05, 3.63) is 91.4 Å². The van der Waals surface area contributed by atoms with E-state index in [1.54, 1.807) is 12.1 Å². The second-order valence-corrected chi connectivity index (χ2v) is 8.24. The number of nitrogens with zero attached hydrogens (tertiary/aromatic N) is 2. The molecule has 35 heavy (non-hydrogen) atoms. The zero-order valence-electron chi connectivity index (χ0n) is 18.7. The van der Waals surface area contributed by atoms with Crippen molar-refractivity contribution in [2.24, 2.45) is 5.10 Å². The van der Waals surface area contributed by atoms with Gasteiger partial charge in [0.2, 0.25) is 0 Å². The van der Waals surface area contributed by atoms with Gasteiger partial charge in [-0.2, -0.15) is 18.3 Å². The first-order chi connectivity index (χ1) is 16.6. The Balaban J connectivity index is 1.80. The fourth-order valence-corrected chi connectivity index (χ4v) is 3.54. The van der Waals surface area contributed by atoms with Gasteiger partial charge < -0.3 is 9.47 Å². The Kier molecular flexibility index (Phi) is 8.34. The van der Waals surface area contributed by atoms with Crippen molar-refractivity contribution in [1.29, 1.82) is 0 Å². The maximum Gasteiger partial charge on any atom is 0.416 e. The lowest BCUT2D eigenvalue weighted by atomic mass is 10.1. The molecule has 0 aliphatic rings. The fourth-order valence-electron chi connectivity index (χ4n) is 3.12. The molecule has 0 spiro atoms. The number of alkyl halides is 3. The first-order valence-electron chi connectivity index (χ1n) is 10.4. The molecular weight excluding hydrogens is 531 g/mol. The third-order valence-corrected chi connectivity index (χ3v) is 5.44. The highest BCUT2D eigenvalue weighted by molar-refractivity contribution is 9.10. The largest absolute Gasteiger partial charge is 0.490 e. The van der Waals surface area contributed by atoms with E-state index in [1.165, 1.54) is 6.21 Å². The molecule has 7 nitrogen and oxygen atoms in total. The van der Waals surface area contributed by atoms with Crippen molar-refractivity contribution in [2.75, 3.05) is 12.0 Å². The molecule has 3 aromatic rings. The van der Waals surface area contributed by atoms with E-state index in [0.29, 0.717) is 40.8 Å². The van der Waals surface area contributed by atoms with Gasteiger partial charge in [0, 0.05) is 16.1 Å². The summed E-state index contributed by atoms with van der Waals surface area (Å²) in [6.07, 6.45) is -3.34. The van der Waals surface area contributed by atoms with Crippen molar-refractivity contribution < 1.29 is 27.6 Å². The summed E-state index contributed by atoms with van der Waals surface area (Å²) in [5.41, 5.74) is 3.05. The molecule has 0 fully saturated rings. The van der Waals surface area contributed by atoms with Crippen LogP contribution in [0, 0.1) is 17.0 Å². The molecule has 0 saturated heterocycles. The molecule has 184 valence electrons. The van der Waals surface area contributed by atoms with Gasteiger partial charge in [-0.25, -0.2) is 0 Å². The van der Waals surface area contributed by atoms with Gasteiger partial charge in [0.25, 0.3) is 5.69 Å². The predicted octanol–water partition coefficient (Wildman–Crippen LogP) is 7.11. The maximum absolute atomic E-state index is 12.9. The molecule has 3 aromatic carbocycles. The van der Waals surface area contributed by atoms with Crippen LogP contribution in [0.4, 0.5) is 24.5 Å². The zero-order valence-corrected chi connectivity index (χ0v) is 20.3. The van der Waals surface area contributed by atoms with Crippen LogP contribution in [0.25, 0.3) is 0 Å². The van der Waals surface area contributed by atoms with Gasteiger partial charge in [-0.3, -0.25) is 15.5 Å². The van der Waals surface area contributed by atoms with Crippen LogP contribution in [0.5, 0.6) is 11.5 Å². The van der Waals surface area contributed by atoms with E-state index < -0.39 is 22.4 Å². The van der Waals surface area contributed by atoms with Crippen molar-refractivity contribution >= 4 is 33.5 Å². The minimum Gasteiger partial charge on any atom is -0.490 e. The predicted molar refractivity (Wildman–Crippen MR) is 130 cm³/mol. The Labute approximate surface area is 207 Å². The average molecular weight is 552 g/mol. The molecule has 0 amide bonds. The molecule has 3 rings (SSSR count). The van der Waals surface area contributed by atoms with Gasteiger partial charge in [0.1, 0.15) is 12.3 Å². The van der Waals surface area contributed by atoms with E-state index in [4.69, 9.17) is 9.47 Å². The first kappa shape index (κ1) is 26.0. The number of anilines is 1. The Morgan fingerprint density at radius 1 is 1.11 bits per heavy atom. The number of nitrogens with one attached hydrogen (secondary N) is 1. The summed E-state index contributed by atoms with van der Waals surface area (Å²) in [4.78, 5) is 10.3. The monoisotopic (exact) mass is 551 g/mol. The second kappa shape index (κ2) is 11.2. The van der Waals surface area contributed by atoms with Crippen LogP contribution in [-0.4, -0.2) is 17.7 Å². The van der Waals surface area contributed by atoms with E-state index in [2.05, 4.69) is 26.5 Å². The van der Waals surface area contributed by atoms with Crippen LogP contribution in [0.2, 0.25) is 0 Å². The Bertz CT molecular complexity index is 1250. The summed E-state index contributed by atoms with van der Waals surface area (Å²) < 4.78 is 50.9. The SMILES string of the molecule is CCOc1cc(/C=N\Nc2ccc(C(F)(F)F)cc2[N+](=O)[O-])c(Br)cc1OCc1cccc(C)c1. The van der Waals surface area contributed by atoms with E-state index in [1.807, 2.05) is 38.1 Å². The number of halogens is 4. The van der Waals surface area contributed by atoms with Crippen LogP contribution in [0.3, 0.4) is 0 Å². The molecule has 0 atom stereocenters. The standard InChI is InChI=1S/C24H21BrF3N3O4/c1-3-34-22-10-17(19(25)12-23(22)35-14-16-6-4-5-15(2)9-16)13-29-30-20-8-7-18(24(26,27)28)11-21(20)31(32)33/h4-13,30H,3,14H2,1-2H3/b29-13-. The topological polar surface area (TPSA) is 86.0 Å². The lowest BCUT2D eigenvalue weighted by molar-refractivity contribution is -0.384. The van der Waals surface area contributed by atoms with Crippen LogP contribution in [0.1, 0.15) is 29.2 Å². The highest BCUT2D eigenvalue weighted by Crippen LogP contribution is 2.36. The molecule has 0 aromatic heterocycles. The summed E-state index contributed by atoms with van der Waals surface area (Å²) in [5, 5.41) is 15.2. The summed E-state index contributed by atoms with van der Waals surface area (Å²) in [6.45, 7) is 4.54. The van der Waals surface area contributed by atoms with Crippen molar-refractivity contribution in [1.82, 2.24) is 0 Å².